The topological polar surface area (TPSA) is 87.0 Å². The van der Waals surface area contributed by atoms with E-state index in [1.807, 2.05) is 12.3 Å². The maximum atomic E-state index is 10.8. The molecule has 1 fully saturated rings. The molecule has 6 nitrogen and oxygen atoms in total. The number of hydrogen-bond donors (Lipinski definition) is 1. The molecule has 0 unspecified atom stereocenters. The van der Waals surface area contributed by atoms with Crippen LogP contribution in [0.15, 0.2) is 36.5 Å². The van der Waals surface area contributed by atoms with Crippen molar-refractivity contribution in [3.63, 3.8) is 0 Å². The van der Waals surface area contributed by atoms with Crippen LogP contribution < -0.4 is 5.73 Å². The largest absolute Gasteiger partial charge is 0.330 e. The lowest BCUT2D eigenvalue weighted by atomic mass is 10.0. The molecular weight excluding hydrogens is 244 g/mol. The highest BCUT2D eigenvalue weighted by molar-refractivity contribution is 5.43. The molecule has 0 aliphatic heterocycles. The quantitative estimate of drug-likeness (QED) is 0.668. The van der Waals surface area contributed by atoms with E-state index in [-0.39, 0.29) is 11.1 Å². The molecule has 1 aliphatic carbocycles. The first-order chi connectivity index (χ1) is 9.14. The van der Waals surface area contributed by atoms with E-state index in [2.05, 4.69) is 5.10 Å². The Morgan fingerprint density at radius 1 is 1.42 bits per heavy atom. The fourth-order valence-electron chi connectivity index (χ4n) is 2.22. The summed E-state index contributed by atoms with van der Waals surface area (Å²) in [7, 11) is 0. The summed E-state index contributed by atoms with van der Waals surface area (Å²) in [5.41, 5.74) is 7.53. The van der Waals surface area contributed by atoms with Gasteiger partial charge in [-0.3, -0.25) is 10.1 Å². The Morgan fingerprint density at radius 3 is 2.84 bits per heavy atom. The summed E-state index contributed by atoms with van der Waals surface area (Å²) in [6, 6.07) is 8.38. The van der Waals surface area contributed by atoms with Crippen LogP contribution in [-0.2, 0) is 5.41 Å². The molecule has 0 bridgehead atoms. The minimum Gasteiger partial charge on any atom is -0.330 e. The van der Waals surface area contributed by atoms with Gasteiger partial charge in [-0.05, 0) is 25.0 Å². The summed E-state index contributed by atoms with van der Waals surface area (Å²) in [6.07, 6.45) is 3.95. The second-order valence-corrected chi connectivity index (χ2v) is 4.91. The smallest absolute Gasteiger partial charge is 0.271 e. The second-order valence-electron chi connectivity index (χ2n) is 4.91. The van der Waals surface area contributed by atoms with Crippen molar-refractivity contribution in [1.29, 1.82) is 0 Å². The maximum absolute atomic E-state index is 10.8. The standard InChI is InChI=1S/C13H14N4O2/c14-9-13(5-6-13)12-4-7-16(15-12)10-2-1-3-11(8-10)17(18)19/h1-4,7-8H,5-6,9,14H2. The highest BCUT2D eigenvalue weighted by Gasteiger charge is 2.44. The highest BCUT2D eigenvalue weighted by atomic mass is 16.6. The molecule has 1 aliphatic rings. The Labute approximate surface area is 110 Å². The number of nitrogens with zero attached hydrogens (tertiary/aromatic N) is 3. The first kappa shape index (κ1) is 11.9. The van der Waals surface area contributed by atoms with Gasteiger partial charge in [0.05, 0.1) is 16.3 Å². The van der Waals surface area contributed by atoms with E-state index >= 15 is 0 Å². The summed E-state index contributed by atoms with van der Waals surface area (Å²) < 4.78 is 1.66. The SMILES string of the molecule is NCC1(c2ccn(-c3cccc([N+](=O)[O-])c3)n2)CC1. The van der Waals surface area contributed by atoms with Crippen LogP contribution in [0, 0.1) is 10.1 Å². The van der Waals surface area contributed by atoms with Crippen molar-refractivity contribution < 1.29 is 4.92 Å². The molecule has 0 spiro atoms. The average Bonchev–Trinajstić information content (AvgIpc) is 3.08. The van der Waals surface area contributed by atoms with E-state index in [1.165, 1.54) is 12.1 Å². The van der Waals surface area contributed by atoms with E-state index in [9.17, 15) is 10.1 Å². The normalized spacial score (nSPS) is 16.3. The fourth-order valence-corrected chi connectivity index (χ4v) is 2.22. The van der Waals surface area contributed by atoms with Gasteiger partial charge in [-0.25, -0.2) is 4.68 Å². The summed E-state index contributed by atoms with van der Waals surface area (Å²) in [6.45, 7) is 0.596. The number of benzene rings is 1. The zero-order valence-corrected chi connectivity index (χ0v) is 10.3. The van der Waals surface area contributed by atoms with Gasteiger partial charge in [0.15, 0.2) is 0 Å². The van der Waals surface area contributed by atoms with Gasteiger partial charge in [-0.1, -0.05) is 6.07 Å². The lowest BCUT2D eigenvalue weighted by Crippen LogP contribution is -2.20. The molecule has 6 heteroatoms. The second kappa shape index (κ2) is 4.17. The van der Waals surface area contributed by atoms with Crippen LogP contribution in [0.2, 0.25) is 0 Å². The first-order valence-electron chi connectivity index (χ1n) is 6.16. The van der Waals surface area contributed by atoms with E-state index in [1.54, 1.807) is 16.8 Å². The lowest BCUT2D eigenvalue weighted by molar-refractivity contribution is -0.384. The minimum absolute atomic E-state index is 0.0337. The van der Waals surface area contributed by atoms with Gasteiger partial charge >= 0.3 is 0 Å². The molecule has 0 amide bonds. The molecule has 2 N–H and O–H groups in total. The van der Waals surface area contributed by atoms with Crippen molar-refractivity contribution in [1.82, 2.24) is 9.78 Å². The maximum Gasteiger partial charge on any atom is 0.271 e. The number of non-ortho nitro benzene ring substituents is 1. The number of hydrogen-bond acceptors (Lipinski definition) is 4. The molecule has 3 rings (SSSR count). The molecule has 2 aromatic rings. The molecule has 19 heavy (non-hydrogen) atoms. The average molecular weight is 258 g/mol. The molecule has 0 atom stereocenters. The van der Waals surface area contributed by atoms with E-state index in [4.69, 9.17) is 5.73 Å². The summed E-state index contributed by atoms with van der Waals surface area (Å²) in [4.78, 5) is 10.4. The van der Waals surface area contributed by atoms with E-state index < -0.39 is 4.92 Å². The first-order valence-corrected chi connectivity index (χ1v) is 6.16. The van der Waals surface area contributed by atoms with Crippen molar-refractivity contribution >= 4 is 5.69 Å². The van der Waals surface area contributed by atoms with Crippen molar-refractivity contribution in [3.8, 4) is 5.69 Å². The van der Waals surface area contributed by atoms with Crippen molar-refractivity contribution in [2.75, 3.05) is 6.54 Å². The van der Waals surface area contributed by atoms with Gasteiger partial charge in [-0.15, -0.1) is 0 Å². The fraction of sp³-hybridized carbons (Fsp3) is 0.308. The van der Waals surface area contributed by atoms with Crippen LogP contribution in [0.4, 0.5) is 5.69 Å². The minimum atomic E-state index is -0.407. The van der Waals surface area contributed by atoms with Crippen molar-refractivity contribution in [2.24, 2.45) is 5.73 Å². The lowest BCUT2D eigenvalue weighted by Gasteiger charge is -2.07. The van der Waals surface area contributed by atoms with Crippen LogP contribution >= 0.6 is 0 Å². The molecule has 98 valence electrons. The number of rotatable bonds is 4. The monoisotopic (exact) mass is 258 g/mol. The number of nitrogens with two attached hydrogens (primary N) is 1. The Kier molecular flexibility index (Phi) is 2.60. The van der Waals surface area contributed by atoms with Crippen LogP contribution in [0.25, 0.3) is 5.69 Å². The Hall–Kier alpha value is -2.21. The Bertz CT molecular complexity index is 631. The molecule has 1 aromatic heterocycles. The summed E-state index contributed by atoms with van der Waals surface area (Å²) in [5.74, 6) is 0. The van der Waals surface area contributed by atoms with E-state index in [0.717, 1.165) is 18.5 Å². The van der Waals surface area contributed by atoms with Crippen LogP contribution in [-0.4, -0.2) is 21.2 Å². The van der Waals surface area contributed by atoms with Crippen LogP contribution in [0.3, 0.4) is 0 Å². The Balaban J connectivity index is 1.95. The van der Waals surface area contributed by atoms with Gasteiger partial charge in [0, 0.05) is 30.3 Å². The van der Waals surface area contributed by atoms with Crippen LogP contribution in [0.1, 0.15) is 18.5 Å². The van der Waals surface area contributed by atoms with Gasteiger partial charge < -0.3 is 5.73 Å². The zero-order chi connectivity index (χ0) is 13.5. The molecule has 1 saturated carbocycles. The molecule has 0 saturated heterocycles. The Morgan fingerprint density at radius 2 is 2.21 bits per heavy atom. The number of nitro benzene ring substituents is 1. The predicted octanol–water partition coefficient (Wildman–Crippen LogP) is 1.77. The van der Waals surface area contributed by atoms with E-state index in [0.29, 0.717) is 12.2 Å². The molecule has 1 aromatic carbocycles. The van der Waals surface area contributed by atoms with Crippen LogP contribution in [0.5, 0.6) is 0 Å². The van der Waals surface area contributed by atoms with Crippen molar-refractivity contribution in [3.05, 3.63) is 52.3 Å². The van der Waals surface area contributed by atoms with Crippen molar-refractivity contribution in [2.45, 2.75) is 18.3 Å². The van der Waals surface area contributed by atoms with Gasteiger partial charge in [0.1, 0.15) is 0 Å². The highest BCUT2D eigenvalue weighted by Crippen LogP contribution is 2.46. The molecular formula is C13H14N4O2. The predicted molar refractivity (Wildman–Crippen MR) is 70.2 cm³/mol. The number of nitro groups is 1. The molecule has 1 heterocycles. The third-order valence-electron chi connectivity index (χ3n) is 3.68. The zero-order valence-electron chi connectivity index (χ0n) is 10.3. The summed E-state index contributed by atoms with van der Waals surface area (Å²) in [5, 5.41) is 15.3. The number of aromatic nitrogens is 2. The third-order valence-corrected chi connectivity index (χ3v) is 3.68. The van der Waals surface area contributed by atoms with Gasteiger partial charge in [-0.2, -0.15) is 5.10 Å². The third kappa shape index (κ3) is 2.00. The van der Waals surface area contributed by atoms with Gasteiger partial charge in [0.2, 0.25) is 0 Å². The summed E-state index contributed by atoms with van der Waals surface area (Å²) >= 11 is 0. The molecule has 0 radical (unpaired) electrons. The van der Waals surface area contributed by atoms with Gasteiger partial charge in [0.25, 0.3) is 5.69 Å².